The van der Waals surface area contributed by atoms with Crippen LogP contribution in [0.1, 0.15) is 332 Å². The van der Waals surface area contributed by atoms with Crippen molar-refractivity contribution in [2.24, 2.45) is 0 Å². The molecule has 474 valence electrons. The van der Waals surface area contributed by atoms with Crippen LogP contribution in [-0.4, -0.2) is 73.7 Å². The van der Waals surface area contributed by atoms with Gasteiger partial charge in [-0.2, -0.15) is 0 Å². The lowest BCUT2D eigenvalue weighted by molar-refractivity contribution is -0.0275. The summed E-state index contributed by atoms with van der Waals surface area (Å²) in [6, 6.07) is 0. The minimum Gasteiger partial charge on any atom is -0.362 e. The normalized spacial score (nSPS) is 15.5. The first-order valence-corrected chi connectivity index (χ1v) is 38.8. The average Bonchev–Trinajstić information content (AvgIpc) is 3.42. The number of phosphoric acid groups is 3. The molecule has 0 aromatic rings. The van der Waals surface area contributed by atoms with Crippen molar-refractivity contribution in [3.05, 3.63) is 0 Å². The second kappa shape index (κ2) is 57.8. The molecule has 0 aliphatic carbocycles. The molecule has 0 aromatic heterocycles. The summed E-state index contributed by atoms with van der Waals surface area (Å²) in [4.78, 5) is 0. The Labute approximate surface area is 492 Å². The highest BCUT2D eigenvalue weighted by Crippen LogP contribution is 2.61. The van der Waals surface area contributed by atoms with Crippen molar-refractivity contribution in [1.29, 1.82) is 0 Å². The quantitative estimate of drug-likeness (QED) is 0.0244. The maximum atomic E-state index is 15.6. The smallest absolute Gasteiger partial charge is 0.362 e. The van der Waals surface area contributed by atoms with Crippen LogP contribution in [0.5, 0.6) is 0 Å². The fourth-order valence-electron chi connectivity index (χ4n) is 9.23. The number of rotatable bonds is 66. The topological polar surface area (TPSA) is 162 Å². The molecule has 79 heavy (non-hydrogen) atoms. The van der Waals surface area contributed by atoms with Crippen molar-refractivity contribution in [3.63, 3.8) is 0 Å². The fraction of sp³-hybridized carbons (Fsp3) is 1.00. The zero-order valence-electron chi connectivity index (χ0n) is 52.7. The maximum absolute atomic E-state index is 15.6. The maximum Gasteiger partial charge on any atom is 0.931 e. The highest BCUT2D eigenvalue weighted by Gasteiger charge is 2.55. The van der Waals surface area contributed by atoms with Crippen LogP contribution in [0.4, 0.5) is 0 Å². The van der Waals surface area contributed by atoms with Crippen LogP contribution in [0.15, 0.2) is 0 Å². The van der Waals surface area contributed by atoms with E-state index in [1.165, 1.54) is 57.8 Å². The van der Waals surface area contributed by atoms with Crippen molar-refractivity contribution in [2.45, 2.75) is 350 Å². The van der Waals surface area contributed by atoms with E-state index >= 15 is 13.7 Å². The summed E-state index contributed by atoms with van der Waals surface area (Å²) in [5.41, 5.74) is 0. The lowest BCUT2D eigenvalue weighted by atomic mass is 10.0. The molecule has 6 unspecified atom stereocenters. The Bertz CT molecular complexity index is 1260. The number of phosphoric ester groups is 3. The lowest BCUT2D eigenvalue weighted by Gasteiger charge is -2.30. The molecule has 0 aliphatic heterocycles. The molecule has 0 spiro atoms. The van der Waals surface area contributed by atoms with Gasteiger partial charge >= 0.3 is 38.6 Å². The van der Waals surface area contributed by atoms with E-state index < -0.39 is 77.3 Å². The molecule has 0 aliphatic rings. The molecule has 15 nitrogen and oxygen atoms in total. The summed E-state index contributed by atoms with van der Waals surface area (Å²) in [5.74, 6) is 0. The van der Waals surface area contributed by atoms with E-state index in [0.29, 0.717) is 77.6 Å². The lowest BCUT2D eigenvalue weighted by Crippen LogP contribution is -2.30. The van der Waals surface area contributed by atoms with Gasteiger partial charge in [-0.05, 0) is 57.8 Å². The van der Waals surface area contributed by atoms with Crippen molar-refractivity contribution in [1.82, 2.24) is 0 Å². The molecule has 0 N–H and O–H groups in total. The monoisotopic (exact) mass is 1210 g/mol. The van der Waals surface area contributed by atoms with Crippen LogP contribution in [0, 0.1) is 0 Å². The highest BCUT2D eigenvalue weighted by atomic mass is 31.2. The standard InChI is InChI=1S/3C20H43O5P.Al/c3*1-4-7-9-11-12-13-15-17-20(16-14-10-8-5-2)25-26(21,22)24-19-23-18-6-3;/h3*20H,4-19H2,1-3H3,(H,21,22);/q;;;+3/p-3. The molecule has 0 bridgehead atoms. The van der Waals surface area contributed by atoms with Gasteiger partial charge in [0.2, 0.25) is 0 Å². The van der Waals surface area contributed by atoms with Crippen LogP contribution < -0.4 is 0 Å². The predicted octanol–water partition coefficient (Wildman–Crippen LogP) is 22.0. The molecule has 0 saturated heterocycles. The van der Waals surface area contributed by atoms with Gasteiger partial charge in [-0.15, -0.1) is 0 Å². The third kappa shape index (κ3) is 49.6. The van der Waals surface area contributed by atoms with Gasteiger partial charge in [-0.25, -0.2) is 13.7 Å². The van der Waals surface area contributed by atoms with Crippen molar-refractivity contribution < 1.29 is 65.8 Å². The third-order valence-electron chi connectivity index (χ3n) is 13.9. The Morgan fingerprint density at radius 2 is 0.456 bits per heavy atom. The zero-order chi connectivity index (χ0) is 58.2. The molecule has 19 heteroatoms. The van der Waals surface area contributed by atoms with E-state index in [2.05, 4.69) is 41.5 Å². The SMILES string of the molecule is CCCCCCCCCC(CCCCCC)OP(=O)(OCOCCC)[O][Al]([O]P(=O)(OCOCCC)OC(CCCCCC)CCCCCCCCC)[O]P(=O)(OCOCCC)OC(CCCCCC)CCCCCCCCC. The fourth-order valence-corrected chi connectivity index (χ4v) is 17.1. The Morgan fingerprint density at radius 1 is 0.266 bits per heavy atom. The molecule has 0 saturated carbocycles. The average molecular weight is 1210 g/mol. The largest absolute Gasteiger partial charge is 0.931 e. The Hall–Kier alpha value is 0.742. The minimum absolute atomic E-state index is 0.326. The number of hydrogen-bond donors (Lipinski definition) is 0. The number of hydrogen-bond acceptors (Lipinski definition) is 15. The predicted molar refractivity (Wildman–Crippen MR) is 327 cm³/mol. The molecular weight excluding hydrogens is 1080 g/mol. The van der Waals surface area contributed by atoms with Crippen molar-refractivity contribution in [2.75, 3.05) is 40.2 Å². The van der Waals surface area contributed by atoms with Crippen LogP contribution >= 0.6 is 23.5 Å². The molecule has 6 atom stereocenters. The summed E-state index contributed by atoms with van der Waals surface area (Å²) < 4.78 is 121. The van der Waals surface area contributed by atoms with E-state index in [-0.39, 0.29) is 0 Å². The van der Waals surface area contributed by atoms with E-state index in [9.17, 15) is 0 Å². The van der Waals surface area contributed by atoms with E-state index in [0.717, 1.165) is 154 Å². The highest BCUT2D eigenvalue weighted by molar-refractivity contribution is 7.53. The summed E-state index contributed by atoms with van der Waals surface area (Å²) in [5, 5.41) is 0. The summed E-state index contributed by atoms with van der Waals surface area (Å²) >= 11 is -4.43. The number of ether oxygens (including phenoxy) is 3. The molecule has 0 heterocycles. The summed E-state index contributed by atoms with van der Waals surface area (Å²) in [6.45, 7) is 18.7. The van der Waals surface area contributed by atoms with Gasteiger partial charge in [0, 0.05) is 19.8 Å². The van der Waals surface area contributed by atoms with Gasteiger partial charge < -0.3 is 24.9 Å². The Balaban J connectivity index is 7.79. The Kier molecular flexibility index (Phi) is 58.3. The molecular formula is C60H126AlO15P3. The van der Waals surface area contributed by atoms with Gasteiger partial charge in [-0.3, -0.25) is 27.1 Å². The summed E-state index contributed by atoms with van der Waals surface area (Å²) in [6.07, 6.45) is 39.1. The molecule has 0 rings (SSSR count). The van der Waals surface area contributed by atoms with Crippen LogP contribution in [0.25, 0.3) is 0 Å². The van der Waals surface area contributed by atoms with Crippen molar-refractivity contribution in [3.8, 4) is 0 Å². The second-order valence-corrected chi connectivity index (χ2v) is 29.1. The van der Waals surface area contributed by atoms with Gasteiger partial charge in [0.05, 0.1) is 18.3 Å². The summed E-state index contributed by atoms with van der Waals surface area (Å²) in [7, 11) is -14.3. The third-order valence-corrected chi connectivity index (χ3v) is 22.0. The van der Waals surface area contributed by atoms with Gasteiger partial charge in [0.15, 0.2) is 20.4 Å². The van der Waals surface area contributed by atoms with E-state index in [4.69, 9.17) is 52.1 Å². The van der Waals surface area contributed by atoms with Crippen LogP contribution in [0.2, 0.25) is 0 Å². The van der Waals surface area contributed by atoms with Crippen LogP contribution in [-0.2, 0) is 65.8 Å². The van der Waals surface area contributed by atoms with E-state index in [1.54, 1.807) is 0 Å². The Morgan fingerprint density at radius 3 is 0.658 bits per heavy atom. The molecule has 0 amide bonds. The first kappa shape index (κ1) is 79.7. The molecule has 0 aromatic carbocycles. The van der Waals surface area contributed by atoms with Gasteiger partial charge in [0.1, 0.15) is 0 Å². The zero-order valence-corrected chi connectivity index (χ0v) is 56.6. The molecule has 0 radical (unpaired) electrons. The van der Waals surface area contributed by atoms with Crippen molar-refractivity contribution >= 4 is 38.6 Å². The number of unbranched alkanes of at least 4 members (excludes halogenated alkanes) is 27. The second-order valence-electron chi connectivity index (χ2n) is 21.9. The van der Waals surface area contributed by atoms with Crippen LogP contribution in [0.3, 0.4) is 0 Å². The van der Waals surface area contributed by atoms with E-state index in [1.807, 2.05) is 20.8 Å². The van der Waals surface area contributed by atoms with Gasteiger partial charge in [-0.1, -0.05) is 274 Å². The first-order valence-electron chi connectivity index (χ1n) is 33.0. The first-order chi connectivity index (χ1) is 38.4. The minimum atomic E-state index is -4.77. The van der Waals surface area contributed by atoms with Gasteiger partial charge in [0.25, 0.3) is 0 Å². The molecule has 0 fully saturated rings.